The van der Waals surface area contributed by atoms with Crippen molar-refractivity contribution in [1.82, 2.24) is 9.78 Å². The fraction of sp³-hybridized carbons (Fsp3) is 0.750. The quantitative estimate of drug-likeness (QED) is 0.850. The molecule has 0 saturated heterocycles. The number of rotatable bonds is 4. The lowest BCUT2D eigenvalue weighted by atomic mass is 9.89. The van der Waals surface area contributed by atoms with Crippen LogP contribution in [0.5, 0.6) is 0 Å². The van der Waals surface area contributed by atoms with Gasteiger partial charge < -0.3 is 10.5 Å². The predicted molar refractivity (Wildman–Crippen MR) is 64.0 cm³/mol. The Labute approximate surface area is 96.8 Å². The van der Waals surface area contributed by atoms with Crippen molar-refractivity contribution in [3.63, 3.8) is 0 Å². The van der Waals surface area contributed by atoms with Crippen LogP contribution in [0.3, 0.4) is 0 Å². The summed E-state index contributed by atoms with van der Waals surface area (Å²) in [5, 5.41) is 4.13. The minimum atomic E-state index is 0.455. The molecule has 1 fully saturated rings. The fourth-order valence-corrected chi connectivity index (χ4v) is 2.34. The van der Waals surface area contributed by atoms with E-state index < -0.39 is 0 Å². The number of anilines is 1. The normalized spacial score (nSPS) is 25.8. The van der Waals surface area contributed by atoms with Crippen molar-refractivity contribution < 1.29 is 4.74 Å². The lowest BCUT2D eigenvalue weighted by molar-refractivity contribution is 0.0106. The van der Waals surface area contributed by atoms with Crippen molar-refractivity contribution in [1.29, 1.82) is 0 Å². The summed E-state index contributed by atoms with van der Waals surface area (Å²) in [7, 11) is 0. The van der Waals surface area contributed by atoms with Crippen molar-refractivity contribution in [2.45, 2.75) is 45.3 Å². The zero-order chi connectivity index (χ0) is 11.4. The number of nitrogens with zero attached hydrogens (tertiary/aromatic N) is 2. The number of hydrogen-bond acceptors (Lipinski definition) is 3. The Hall–Kier alpha value is -1.03. The minimum absolute atomic E-state index is 0.455. The molecule has 2 N–H and O–H groups in total. The van der Waals surface area contributed by atoms with Crippen LogP contribution >= 0.6 is 0 Å². The van der Waals surface area contributed by atoms with Gasteiger partial charge in [0.05, 0.1) is 31.1 Å². The largest absolute Gasteiger partial charge is 0.396 e. The first-order valence-electron chi connectivity index (χ1n) is 6.13. The number of nitrogens with two attached hydrogens (primary N) is 1. The first kappa shape index (κ1) is 11.5. The van der Waals surface area contributed by atoms with E-state index in [1.54, 1.807) is 6.20 Å². The van der Waals surface area contributed by atoms with Crippen LogP contribution in [0.1, 0.15) is 32.6 Å². The van der Waals surface area contributed by atoms with Gasteiger partial charge in [-0.25, -0.2) is 0 Å². The molecule has 90 valence electrons. The standard InChI is InChI=1S/C12H21N3O/c1-10-3-2-4-12(7-10)16-6-5-15-9-11(13)8-14-15/h8-10,12H,2-7,13H2,1H3. The number of ether oxygens (including phenoxy) is 1. The highest BCUT2D eigenvalue weighted by atomic mass is 16.5. The third kappa shape index (κ3) is 3.23. The fourth-order valence-electron chi connectivity index (χ4n) is 2.34. The van der Waals surface area contributed by atoms with Gasteiger partial charge >= 0.3 is 0 Å². The second kappa shape index (κ2) is 5.34. The molecular weight excluding hydrogens is 202 g/mol. The van der Waals surface area contributed by atoms with E-state index in [1.807, 2.05) is 10.9 Å². The summed E-state index contributed by atoms with van der Waals surface area (Å²) in [6.45, 7) is 3.84. The van der Waals surface area contributed by atoms with Gasteiger partial charge in [-0.15, -0.1) is 0 Å². The lowest BCUT2D eigenvalue weighted by Crippen LogP contribution is -2.23. The molecule has 0 aliphatic heterocycles. The second-order valence-electron chi connectivity index (χ2n) is 4.80. The summed E-state index contributed by atoms with van der Waals surface area (Å²) in [4.78, 5) is 0. The van der Waals surface area contributed by atoms with Crippen LogP contribution < -0.4 is 5.73 Å². The summed E-state index contributed by atoms with van der Waals surface area (Å²) in [6, 6.07) is 0. The molecular formula is C12H21N3O. The molecule has 4 nitrogen and oxygen atoms in total. The van der Waals surface area contributed by atoms with E-state index in [2.05, 4.69) is 12.0 Å². The highest BCUT2D eigenvalue weighted by Crippen LogP contribution is 2.25. The third-order valence-electron chi connectivity index (χ3n) is 3.22. The van der Waals surface area contributed by atoms with Crippen molar-refractivity contribution in [3.05, 3.63) is 12.4 Å². The van der Waals surface area contributed by atoms with Crippen molar-refractivity contribution >= 4 is 5.69 Å². The maximum atomic E-state index is 5.86. The Kier molecular flexibility index (Phi) is 3.83. The van der Waals surface area contributed by atoms with E-state index in [0.717, 1.165) is 19.1 Å². The van der Waals surface area contributed by atoms with E-state index >= 15 is 0 Å². The first-order chi connectivity index (χ1) is 7.74. The number of aromatic nitrogens is 2. The predicted octanol–water partition coefficient (Wildman–Crippen LogP) is 2.06. The molecule has 1 saturated carbocycles. The van der Waals surface area contributed by atoms with Crippen LogP contribution in [0.15, 0.2) is 12.4 Å². The lowest BCUT2D eigenvalue weighted by Gasteiger charge is -2.26. The molecule has 0 bridgehead atoms. The molecule has 4 heteroatoms. The van der Waals surface area contributed by atoms with E-state index in [-0.39, 0.29) is 0 Å². The summed E-state index contributed by atoms with van der Waals surface area (Å²) < 4.78 is 7.70. The second-order valence-corrected chi connectivity index (χ2v) is 4.80. The molecule has 0 amide bonds. The van der Waals surface area contributed by atoms with Crippen LogP contribution in [-0.4, -0.2) is 22.5 Å². The molecule has 0 aromatic carbocycles. The SMILES string of the molecule is CC1CCCC(OCCn2cc(N)cn2)C1. The molecule has 2 rings (SSSR count). The average molecular weight is 223 g/mol. The summed E-state index contributed by atoms with van der Waals surface area (Å²) >= 11 is 0. The zero-order valence-electron chi connectivity index (χ0n) is 9.93. The van der Waals surface area contributed by atoms with Crippen LogP contribution in [0.4, 0.5) is 5.69 Å². The van der Waals surface area contributed by atoms with Crippen molar-refractivity contribution in [2.24, 2.45) is 5.92 Å². The maximum absolute atomic E-state index is 5.86. The van der Waals surface area contributed by atoms with Gasteiger partial charge in [-0.3, -0.25) is 4.68 Å². The molecule has 1 heterocycles. The van der Waals surface area contributed by atoms with Gasteiger partial charge in [0.15, 0.2) is 0 Å². The maximum Gasteiger partial charge on any atom is 0.0719 e. The van der Waals surface area contributed by atoms with Crippen molar-refractivity contribution in [2.75, 3.05) is 12.3 Å². The number of nitrogen functional groups attached to an aromatic ring is 1. The van der Waals surface area contributed by atoms with Gasteiger partial charge in [-0.05, 0) is 18.8 Å². The highest BCUT2D eigenvalue weighted by molar-refractivity contribution is 5.30. The topological polar surface area (TPSA) is 53.1 Å². The number of hydrogen-bond donors (Lipinski definition) is 1. The van der Waals surface area contributed by atoms with Crippen molar-refractivity contribution in [3.8, 4) is 0 Å². The first-order valence-corrected chi connectivity index (χ1v) is 6.13. The Morgan fingerprint density at radius 1 is 1.56 bits per heavy atom. The summed E-state index contributed by atoms with van der Waals surface area (Å²) in [5.74, 6) is 0.819. The Balaban J connectivity index is 1.67. The molecule has 0 spiro atoms. The van der Waals surface area contributed by atoms with E-state index in [9.17, 15) is 0 Å². The van der Waals surface area contributed by atoms with Gasteiger partial charge in [0.25, 0.3) is 0 Å². The van der Waals surface area contributed by atoms with Crippen LogP contribution in [0.25, 0.3) is 0 Å². The molecule has 1 aliphatic rings. The highest BCUT2D eigenvalue weighted by Gasteiger charge is 2.18. The summed E-state index contributed by atoms with van der Waals surface area (Å²) in [6.07, 6.45) is 9.05. The molecule has 2 atom stereocenters. The minimum Gasteiger partial charge on any atom is -0.396 e. The van der Waals surface area contributed by atoms with E-state index in [4.69, 9.17) is 10.5 Å². The van der Waals surface area contributed by atoms with E-state index in [1.165, 1.54) is 25.7 Å². The molecule has 1 aromatic heterocycles. The van der Waals surface area contributed by atoms with Gasteiger partial charge in [0, 0.05) is 6.20 Å². The Morgan fingerprint density at radius 3 is 3.12 bits per heavy atom. The van der Waals surface area contributed by atoms with Crippen LogP contribution in [0.2, 0.25) is 0 Å². The summed E-state index contributed by atoms with van der Waals surface area (Å²) in [5.41, 5.74) is 6.30. The third-order valence-corrected chi connectivity index (χ3v) is 3.22. The molecule has 16 heavy (non-hydrogen) atoms. The van der Waals surface area contributed by atoms with Gasteiger partial charge in [0.1, 0.15) is 0 Å². The van der Waals surface area contributed by atoms with Crippen LogP contribution in [-0.2, 0) is 11.3 Å². The molecule has 1 aliphatic carbocycles. The molecule has 1 aromatic rings. The van der Waals surface area contributed by atoms with Gasteiger partial charge in [-0.1, -0.05) is 19.8 Å². The molecule has 2 unspecified atom stereocenters. The Morgan fingerprint density at radius 2 is 2.44 bits per heavy atom. The molecule has 0 radical (unpaired) electrons. The monoisotopic (exact) mass is 223 g/mol. The average Bonchev–Trinajstić information content (AvgIpc) is 2.64. The Bertz CT molecular complexity index is 324. The van der Waals surface area contributed by atoms with Gasteiger partial charge in [-0.2, -0.15) is 5.10 Å². The smallest absolute Gasteiger partial charge is 0.0719 e. The van der Waals surface area contributed by atoms with Gasteiger partial charge in [0.2, 0.25) is 0 Å². The van der Waals surface area contributed by atoms with Crippen LogP contribution in [0, 0.1) is 5.92 Å². The zero-order valence-corrected chi connectivity index (χ0v) is 9.93. The van der Waals surface area contributed by atoms with E-state index in [0.29, 0.717) is 11.8 Å².